The summed E-state index contributed by atoms with van der Waals surface area (Å²) in [5, 5.41) is 3.51. The van der Waals surface area contributed by atoms with Crippen molar-refractivity contribution in [3.05, 3.63) is 48.2 Å². The molecule has 0 bridgehead atoms. The lowest BCUT2D eigenvalue weighted by Crippen LogP contribution is -2.31. The van der Waals surface area contributed by atoms with E-state index in [-0.39, 0.29) is 22.7 Å². The van der Waals surface area contributed by atoms with Gasteiger partial charge in [0.25, 0.3) is 10.0 Å². The summed E-state index contributed by atoms with van der Waals surface area (Å²) >= 11 is 0. The Hall–Kier alpha value is -1.77. The Morgan fingerprint density at radius 2 is 2.00 bits per heavy atom. The van der Waals surface area contributed by atoms with E-state index >= 15 is 0 Å². The van der Waals surface area contributed by atoms with Crippen molar-refractivity contribution in [3.8, 4) is 0 Å². The van der Waals surface area contributed by atoms with Gasteiger partial charge in [0.05, 0.1) is 6.33 Å². The SMILES string of the molecule is CCCCNC[C@H]1CN(S(=O)(=O)c2cn(C)cn2)C[C@@H]1c1ccc(F)cc1. The maximum atomic E-state index is 13.3. The summed E-state index contributed by atoms with van der Waals surface area (Å²) in [7, 11) is -1.89. The van der Waals surface area contributed by atoms with Gasteiger partial charge in [0, 0.05) is 32.3 Å². The highest BCUT2D eigenvalue weighted by atomic mass is 32.2. The van der Waals surface area contributed by atoms with Crippen molar-refractivity contribution in [2.75, 3.05) is 26.2 Å². The van der Waals surface area contributed by atoms with E-state index in [2.05, 4.69) is 17.2 Å². The maximum Gasteiger partial charge on any atom is 0.262 e. The van der Waals surface area contributed by atoms with Crippen LogP contribution >= 0.6 is 0 Å². The molecule has 0 unspecified atom stereocenters. The van der Waals surface area contributed by atoms with Crippen molar-refractivity contribution in [2.24, 2.45) is 13.0 Å². The number of aryl methyl sites for hydroxylation is 1. The molecule has 0 spiro atoms. The molecule has 2 atom stereocenters. The summed E-state index contributed by atoms with van der Waals surface area (Å²) in [5.41, 5.74) is 0.970. The molecule has 2 aromatic rings. The Kier molecular flexibility index (Phi) is 6.29. The molecule has 1 aliphatic rings. The molecule has 1 N–H and O–H groups in total. The van der Waals surface area contributed by atoms with Gasteiger partial charge in [-0.15, -0.1) is 0 Å². The molecular formula is C19H27FN4O2S. The van der Waals surface area contributed by atoms with E-state index in [0.29, 0.717) is 13.1 Å². The molecule has 1 fully saturated rings. The van der Waals surface area contributed by atoms with E-state index in [4.69, 9.17) is 0 Å². The van der Waals surface area contributed by atoms with Crippen LogP contribution in [0.4, 0.5) is 4.39 Å². The lowest BCUT2D eigenvalue weighted by atomic mass is 9.89. The number of nitrogens with zero attached hydrogens (tertiary/aromatic N) is 3. The van der Waals surface area contributed by atoms with Crippen LogP contribution in [-0.2, 0) is 17.1 Å². The molecule has 6 nitrogen and oxygen atoms in total. The molecule has 27 heavy (non-hydrogen) atoms. The van der Waals surface area contributed by atoms with E-state index in [0.717, 1.165) is 31.5 Å². The number of benzene rings is 1. The zero-order valence-electron chi connectivity index (χ0n) is 15.8. The minimum Gasteiger partial charge on any atom is -0.339 e. The number of aromatic nitrogens is 2. The largest absolute Gasteiger partial charge is 0.339 e. The van der Waals surface area contributed by atoms with Crippen molar-refractivity contribution in [2.45, 2.75) is 30.7 Å². The van der Waals surface area contributed by atoms with Gasteiger partial charge in [-0.25, -0.2) is 17.8 Å². The van der Waals surface area contributed by atoms with Gasteiger partial charge >= 0.3 is 0 Å². The highest BCUT2D eigenvalue weighted by molar-refractivity contribution is 7.89. The molecule has 8 heteroatoms. The van der Waals surface area contributed by atoms with Crippen LogP contribution in [-0.4, -0.2) is 48.5 Å². The third-order valence-electron chi connectivity index (χ3n) is 5.10. The lowest BCUT2D eigenvalue weighted by molar-refractivity contribution is 0.437. The maximum absolute atomic E-state index is 13.3. The fraction of sp³-hybridized carbons (Fsp3) is 0.526. The Bertz CT molecular complexity index is 851. The van der Waals surface area contributed by atoms with Crippen LogP contribution in [0, 0.1) is 11.7 Å². The van der Waals surface area contributed by atoms with Gasteiger partial charge in [-0.3, -0.25) is 0 Å². The average molecular weight is 395 g/mol. The molecule has 1 aliphatic heterocycles. The molecule has 148 valence electrons. The van der Waals surface area contributed by atoms with E-state index in [1.807, 2.05) is 0 Å². The molecule has 1 aromatic heterocycles. The number of halogens is 1. The normalized spacial score (nSPS) is 21.0. The number of rotatable bonds is 8. The number of imidazole rings is 1. The van der Waals surface area contributed by atoms with Gasteiger partial charge in [-0.2, -0.15) is 4.31 Å². The smallest absolute Gasteiger partial charge is 0.262 e. The van der Waals surface area contributed by atoms with Gasteiger partial charge in [0.2, 0.25) is 0 Å². The second-order valence-electron chi connectivity index (χ2n) is 7.18. The van der Waals surface area contributed by atoms with Crippen LogP contribution < -0.4 is 5.32 Å². The Morgan fingerprint density at radius 1 is 1.26 bits per heavy atom. The second-order valence-corrected chi connectivity index (χ2v) is 9.06. The first-order valence-electron chi connectivity index (χ1n) is 9.36. The van der Waals surface area contributed by atoms with Gasteiger partial charge in [0.15, 0.2) is 5.03 Å². The quantitative estimate of drug-likeness (QED) is 0.698. The lowest BCUT2D eigenvalue weighted by Gasteiger charge is -2.19. The van der Waals surface area contributed by atoms with Crippen molar-refractivity contribution in [1.29, 1.82) is 0 Å². The van der Waals surface area contributed by atoms with Crippen LogP contribution in [0.3, 0.4) is 0 Å². The predicted molar refractivity (Wildman–Crippen MR) is 102 cm³/mol. The molecule has 0 saturated carbocycles. The molecule has 3 rings (SSSR count). The highest BCUT2D eigenvalue weighted by Crippen LogP contribution is 2.35. The number of hydrogen-bond acceptors (Lipinski definition) is 4. The van der Waals surface area contributed by atoms with Gasteiger partial charge in [0.1, 0.15) is 5.82 Å². The summed E-state index contributed by atoms with van der Waals surface area (Å²) in [6.07, 6.45) is 5.21. The van der Waals surface area contributed by atoms with Gasteiger partial charge in [-0.05, 0) is 43.1 Å². The first kappa shape index (κ1) is 20.0. The fourth-order valence-corrected chi connectivity index (χ4v) is 5.05. The van der Waals surface area contributed by atoms with Gasteiger partial charge < -0.3 is 9.88 Å². The zero-order chi connectivity index (χ0) is 19.4. The van der Waals surface area contributed by atoms with Crippen LogP contribution in [0.2, 0.25) is 0 Å². The molecular weight excluding hydrogens is 367 g/mol. The van der Waals surface area contributed by atoms with Crippen molar-refractivity contribution < 1.29 is 12.8 Å². The van der Waals surface area contributed by atoms with Crippen LogP contribution in [0.25, 0.3) is 0 Å². The second kappa shape index (κ2) is 8.50. The molecule has 0 radical (unpaired) electrons. The highest BCUT2D eigenvalue weighted by Gasteiger charge is 2.40. The summed E-state index contributed by atoms with van der Waals surface area (Å²) in [4.78, 5) is 4.02. The molecule has 2 heterocycles. The summed E-state index contributed by atoms with van der Waals surface area (Å²) in [5.74, 6) is -0.128. The molecule has 1 saturated heterocycles. The van der Waals surface area contributed by atoms with Crippen LogP contribution in [0.1, 0.15) is 31.2 Å². The number of unbranched alkanes of at least 4 members (excludes halogenated alkanes) is 1. The summed E-state index contributed by atoms with van der Waals surface area (Å²) in [6, 6.07) is 6.39. The van der Waals surface area contributed by atoms with Crippen molar-refractivity contribution >= 4 is 10.0 Å². The zero-order valence-corrected chi connectivity index (χ0v) is 16.6. The minimum atomic E-state index is -3.64. The first-order chi connectivity index (χ1) is 12.9. The van der Waals surface area contributed by atoms with E-state index in [9.17, 15) is 12.8 Å². The molecule has 0 aliphatic carbocycles. The van der Waals surface area contributed by atoms with E-state index in [1.165, 1.54) is 29.0 Å². The Balaban J connectivity index is 1.80. The van der Waals surface area contributed by atoms with E-state index < -0.39 is 10.0 Å². The monoisotopic (exact) mass is 394 g/mol. The minimum absolute atomic E-state index is 0.0261. The van der Waals surface area contributed by atoms with E-state index in [1.54, 1.807) is 23.7 Å². The summed E-state index contributed by atoms with van der Waals surface area (Å²) in [6.45, 7) is 4.59. The Morgan fingerprint density at radius 3 is 2.63 bits per heavy atom. The first-order valence-corrected chi connectivity index (χ1v) is 10.8. The van der Waals surface area contributed by atoms with Crippen molar-refractivity contribution in [1.82, 2.24) is 19.2 Å². The number of hydrogen-bond donors (Lipinski definition) is 1. The molecule has 0 amide bonds. The standard InChI is InChI=1S/C19H27FN4O2S/c1-3-4-9-21-10-16-11-24(27(25,26)19-13-23(2)14-22-19)12-18(16)15-5-7-17(20)8-6-15/h5-8,13-14,16,18,21H,3-4,9-12H2,1-2H3/t16-,18+/m0/s1. The Labute approximate surface area is 160 Å². The predicted octanol–water partition coefficient (Wildman–Crippen LogP) is 2.35. The van der Waals surface area contributed by atoms with Gasteiger partial charge in [-0.1, -0.05) is 25.5 Å². The molecule has 1 aromatic carbocycles. The fourth-order valence-electron chi connectivity index (χ4n) is 3.57. The number of nitrogens with one attached hydrogen (secondary N) is 1. The van der Waals surface area contributed by atoms with Crippen molar-refractivity contribution in [3.63, 3.8) is 0 Å². The van der Waals surface area contributed by atoms with Crippen LogP contribution in [0.5, 0.6) is 0 Å². The average Bonchev–Trinajstić information content (AvgIpc) is 3.27. The number of sulfonamides is 1. The third-order valence-corrected chi connectivity index (χ3v) is 6.82. The van der Waals surface area contributed by atoms with Crippen LogP contribution in [0.15, 0.2) is 41.8 Å². The topological polar surface area (TPSA) is 67.2 Å². The summed E-state index contributed by atoms with van der Waals surface area (Å²) < 4.78 is 42.4. The third kappa shape index (κ3) is 4.56.